The van der Waals surface area contributed by atoms with Crippen molar-refractivity contribution >= 4 is 17.5 Å². The molecule has 116 valence electrons. The van der Waals surface area contributed by atoms with Crippen molar-refractivity contribution in [1.82, 2.24) is 4.90 Å². The molecule has 0 saturated carbocycles. The van der Waals surface area contributed by atoms with E-state index in [1.165, 1.54) is 4.90 Å². The lowest BCUT2D eigenvalue weighted by molar-refractivity contribution is -0.140. The van der Waals surface area contributed by atoms with Crippen molar-refractivity contribution in [3.05, 3.63) is 35.1 Å². The minimum atomic E-state index is -4.84. The normalized spacial score (nSPS) is 19.7. The summed E-state index contributed by atoms with van der Waals surface area (Å²) >= 11 is 5.63. The molecule has 1 fully saturated rings. The molecule has 1 aliphatic heterocycles. The van der Waals surface area contributed by atoms with Crippen molar-refractivity contribution in [2.45, 2.75) is 12.3 Å². The summed E-state index contributed by atoms with van der Waals surface area (Å²) in [7, 11) is 0. The summed E-state index contributed by atoms with van der Waals surface area (Å²) in [6.45, 7) is 0.517. The van der Waals surface area contributed by atoms with E-state index in [1.807, 2.05) is 0 Å². The Morgan fingerprint density at radius 2 is 2.14 bits per heavy atom. The number of amides is 1. The summed E-state index contributed by atoms with van der Waals surface area (Å²) in [6.07, 6.45) is -5.25. The Morgan fingerprint density at radius 3 is 2.76 bits per heavy atom. The van der Waals surface area contributed by atoms with Crippen LogP contribution in [0.25, 0.3) is 0 Å². The Bertz CT molecular complexity index is 535. The van der Waals surface area contributed by atoms with Gasteiger partial charge in [-0.15, -0.1) is 11.6 Å². The van der Waals surface area contributed by atoms with Crippen molar-refractivity contribution < 1.29 is 27.1 Å². The molecule has 1 saturated heterocycles. The van der Waals surface area contributed by atoms with Crippen LogP contribution < -0.4 is 0 Å². The average molecular weight is 326 g/mol. The van der Waals surface area contributed by atoms with Gasteiger partial charge in [0.2, 0.25) is 0 Å². The quantitative estimate of drug-likeness (QED) is 0.618. The zero-order valence-electron chi connectivity index (χ0n) is 10.8. The smallest absolute Gasteiger partial charge is 0.373 e. The Hall–Kier alpha value is -1.34. The van der Waals surface area contributed by atoms with Crippen LogP contribution >= 0.6 is 11.6 Å². The first-order valence-electron chi connectivity index (χ1n) is 6.17. The fraction of sp³-hybridized carbons (Fsp3) is 0.462. The molecule has 8 heteroatoms. The fourth-order valence-corrected chi connectivity index (χ4v) is 2.27. The highest BCUT2D eigenvalue weighted by molar-refractivity contribution is 6.18. The molecule has 1 aromatic carbocycles. The molecular weight excluding hydrogens is 314 g/mol. The van der Waals surface area contributed by atoms with Gasteiger partial charge in [0.05, 0.1) is 29.7 Å². The molecule has 0 radical (unpaired) electrons. The highest BCUT2D eigenvalue weighted by atomic mass is 35.5. The van der Waals surface area contributed by atoms with Crippen LogP contribution in [0.4, 0.5) is 17.6 Å². The molecule has 1 heterocycles. The van der Waals surface area contributed by atoms with Crippen LogP contribution in [-0.2, 0) is 10.9 Å². The predicted octanol–water partition coefficient (Wildman–Crippen LogP) is 2.92. The number of carbonyl (C=O) groups is 1. The standard InChI is InChI=1S/C13H12ClF4NO2/c14-6-8-7-19(4-5-21-8)12(20)9-2-1-3-10(11(9)15)13(16,17)18/h1-3,8H,4-7H2. The van der Waals surface area contributed by atoms with E-state index >= 15 is 0 Å². The van der Waals surface area contributed by atoms with Gasteiger partial charge in [-0.05, 0) is 12.1 Å². The van der Waals surface area contributed by atoms with Crippen LogP contribution in [0.3, 0.4) is 0 Å². The molecule has 2 rings (SSSR count). The first-order chi connectivity index (χ1) is 9.84. The molecule has 1 aromatic rings. The highest BCUT2D eigenvalue weighted by Gasteiger charge is 2.36. The molecule has 21 heavy (non-hydrogen) atoms. The van der Waals surface area contributed by atoms with Gasteiger partial charge in [-0.2, -0.15) is 13.2 Å². The fourth-order valence-electron chi connectivity index (χ4n) is 2.08. The second kappa shape index (κ2) is 6.19. The van der Waals surface area contributed by atoms with E-state index in [0.29, 0.717) is 6.07 Å². The van der Waals surface area contributed by atoms with E-state index in [2.05, 4.69) is 0 Å². The zero-order valence-corrected chi connectivity index (χ0v) is 11.5. The predicted molar refractivity (Wildman–Crippen MR) is 67.8 cm³/mol. The minimum Gasteiger partial charge on any atom is -0.373 e. The number of nitrogens with zero attached hydrogens (tertiary/aromatic N) is 1. The van der Waals surface area contributed by atoms with Gasteiger partial charge in [0.15, 0.2) is 0 Å². The second-order valence-corrected chi connectivity index (χ2v) is 4.87. The van der Waals surface area contributed by atoms with Crippen molar-refractivity contribution in [2.24, 2.45) is 0 Å². The van der Waals surface area contributed by atoms with Gasteiger partial charge in [-0.25, -0.2) is 4.39 Å². The van der Waals surface area contributed by atoms with Crippen LogP contribution in [0.15, 0.2) is 18.2 Å². The largest absolute Gasteiger partial charge is 0.419 e. The van der Waals surface area contributed by atoms with Gasteiger partial charge in [-0.3, -0.25) is 4.79 Å². The van der Waals surface area contributed by atoms with E-state index in [9.17, 15) is 22.4 Å². The van der Waals surface area contributed by atoms with Crippen LogP contribution in [0.2, 0.25) is 0 Å². The number of hydrogen-bond donors (Lipinski definition) is 0. The van der Waals surface area contributed by atoms with Crippen LogP contribution in [0, 0.1) is 5.82 Å². The number of carbonyl (C=O) groups excluding carboxylic acids is 1. The third kappa shape index (κ3) is 3.47. The number of rotatable bonds is 2. The SMILES string of the molecule is O=C(c1cccc(C(F)(F)F)c1F)N1CCOC(CCl)C1. The number of morpholine rings is 1. The monoisotopic (exact) mass is 325 g/mol. The molecule has 3 nitrogen and oxygen atoms in total. The van der Waals surface area contributed by atoms with Crippen LogP contribution in [0.1, 0.15) is 15.9 Å². The highest BCUT2D eigenvalue weighted by Crippen LogP contribution is 2.32. The van der Waals surface area contributed by atoms with Gasteiger partial charge < -0.3 is 9.64 Å². The summed E-state index contributed by atoms with van der Waals surface area (Å²) < 4.78 is 57.1. The number of alkyl halides is 4. The van der Waals surface area contributed by atoms with Crippen molar-refractivity contribution in [2.75, 3.05) is 25.6 Å². The Labute approximate surface area is 123 Å². The second-order valence-electron chi connectivity index (χ2n) is 4.56. The molecular formula is C13H12ClF4NO2. The number of hydrogen-bond acceptors (Lipinski definition) is 2. The van der Waals surface area contributed by atoms with Gasteiger partial charge in [-0.1, -0.05) is 6.07 Å². The average Bonchev–Trinajstić information content (AvgIpc) is 2.45. The third-order valence-electron chi connectivity index (χ3n) is 3.13. The lowest BCUT2D eigenvalue weighted by Gasteiger charge is -2.32. The van der Waals surface area contributed by atoms with Crippen LogP contribution in [-0.4, -0.2) is 42.5 Å². The van der Waals surface area contributed by atoms with Crippen molar-refractivity contribution in [3.63, 3.8) is 0 Å². The molecule has 1 amide bonds. The maximum Gasteiger partial charge on any atom is 0.419 e. The third-order valence-corrected chi connectivity index (χ3v) is 3.48. The van der Waals surface area contributed by atoms with E-state index in [0.717, 1.165) is 12.1 Å². The Kier molecular flexibility index (Phi) is 4.73. The molecule has 0 spiro atoms. The number of benzene rings is 1. The topological polar surface area (TPSA) is 29.5 Å². The first-order valence-corrected chi connectivity index (χ1v) is 6.70. The molecule has 1 unspecified atom stereocenters. The summed E-state index contributed by atoms with van der Waals surface area (Å²) in [5, 5.41) is 0. The molecule has 0 aliphatic carbocycles. The van der Waals surface area contributed by atoms with E-state index in [4.69, 9.17) is 16.3 Å². The first kappa shape index (κ1) is 16.0. The lowest BCUT2D eigenvalue weighted by atomic mass is 10.1. The van der Waals surface area contributed by atoms with Gasteiger partial charge >= 0.3 is 6.18 Å². The maximum absolute atomic E-state index is 13.9. The maximum atomic E-state index is 13.9. The summed E-state index contributed by atoms with van der Waals surface area (Å²) in [6, 6.07) is 2.66. The Morgan fingerprint density at radius 1 is 1.43 bits per heavy atom. The molecule has 0 bridgehead atoms. The van der Waals surface area contributed by atoms with Gasteiger partial charge in [0.1, 0.15) is 5.82 Å². The number of ether oxygens (including phenoxy) is 1. The molecule has 1 atom stereocenters. The van der Waals surface area contributed by atoms with Crippen LogP contribution in [0.5, 0.6) is 0 Å². The Balaban J connectivity index is 2.27. The number of halogens is 5. The van der Waals surface area contributed by atoms with Gasteiger partial charge in [0, 0.05) is 13.1 Å². The van der Waals surface area contributed by atoms with Crippen molar-refractivity contribution in [1.29, 1.82) is 0 Å². The van der Waals surface area contributed by atoms with Gasteiger partial charge in [0.25, 0.3) is 5.91 Å². The van der Waals surface area contributed by atoms with E-state index in [1.54, 1.807) is 0 Å². The minimum absolute atomic E-state index is 0.123. The summed E-state index contributed by atoms with van der Waals surface area (Å²) in [5.74, 6) is -2.20. The molecule has 1 aliphatic rings. The summed E-state index contributed by atoms with van der Waals surface area (Å²) in [4.78, 5) is 13.4. The van der Waals surface area contributed by atoms with Crippen molar-refractivity contribution in [3.8, 4) is 0 Å². The van der Waals surface area contributed by atoms with E-state index in [-0.39, 0.29) is 25.6 Å². The molecule has 0 aromatic heterocycles. The zero-order chi connectivity index (χ0) is 15.6. The summed E-state index contributed by atoms with van der Waals surface area (Å²) in [5.41, 5.74) is -2.05. The van der Waals surface area contributed by atoms with E-state index < -0.39 is 35.1 Å². The molecule has 0 N–H and O–H groups in total. The lowest BCUT2D eigenvalue weighted by Crippen LogP contribution is -2.46.